The Morgan fingerprint density at radius 1 is 1.50 bits per heavy atom. The summed E-state index contributed by atoms with van der Waals surface area (Å²) >= 11 is 0. The van der Waals surface area contributed by atoms with Crippen LogP contribution in [0.5, 0.6) is 0 Å². The van der Waals surface area contributed by atoms with E-state index in [0.717, 1.165) is 19.4 Å². The minimum atomic E-state index is -0.309. The number of rotatable bonds is 3. The van der Waals surface area contributed by atoms with Gasteiger partial charge in [-0.1, -0.05) is 0 Å². The molecule has 2 aromatic rings. The molecule has 1 unspecified atom stereocenters. The van der Waals surface area contributed by atoms with Crippen molar-refractivity contribution in [3.05, 3.63) is 29.9 Å². The van der Waals surface area contributed by atoms with Crippen LogP contribution in [-0.2, 0) is 6.54 Å². The van der Waals surface area contributed by atoms with E-state index in [1.54, 1.807) is 6.07 Å². The highest BCUT2D eigenvalue weighted by Gasteiger charge is 2.25. The van der Waals surface area contributed by atoms with Gasteiger partial charge < -0.3 is 9.52 Å². The van der Waals surface area contributed by atoms with Gasteiger partial charge >= 0.3 is 0 Å². The van der Waals surface area contributed by atoms with E-state index >= 15 is 0 Å². The number of oxazole rings is 1. The first kappa shape index (κ1) is 11.6. The number of aliphatic hydroxyl groups excluding tert-OH is 1. The second-order valence-electron chi connectivity index (χ2n) is 4.67. The van der Waals surface area contributed by atoms with Gasteiger partial charge in [-0.3, -0.25) is 4.90 Å². The van der Waals surface area contributed by atoms with Gasteiger partial charge in [-0.25, -0.2) is 9.37 Å². The van der Waals surface area contributed by atoms with Crippen LogP contribution in [0.25, 0.3) is 11.1 Å². The molecule has 18 heavy (non-hydrogen) atoms. The summed E-state index contributed by atoms with van der Waals surface area (Å²) in [6.45, 7) is 1.68. The summed E-state index contributed by atoms with van der Waals surface area (Å²) in [5.41, 5.74) is 1.15. The third-order valence-corrected chi connectivity index (χ3v) is 3.44. The topological polar surface area (TPSA) is 49.5 Å². The molecule has 1 aromatic carbocycles. The molecule has 0 spiro atoms. The fraction of sp³-hybridized carbons (Fsp3) is 0.462. The Kier molecular flexibility index (Phi) is 3.01. The number of hydrogen-bond donors (Lipinski definition) is 1. The molecule has 1 atom stereocenters. The highest BCUT2D eigenvalue weighted by molar-refractivity contribution is 5.72. The Bertz CT molecular complexity index is 555. The van der Waals surface area contributed by atoms with Crippen LogP contribution in [0.15, 0.2) is 22.6 Å². The molecular weight excluding hydrogens is 235 g/mol. The first-order valence-corrected chi connectivity index (χ1v) is 6.16. The zero-order chi connectivity index (χ0) is 12.5. The maximum Gasteiger partial charge on any atom is 0.209 e. The first-order valence-electron chi connectivity index (χ1n) is 6.16. The van der Waals surface area contributed by atoms with Crippen LogP contribution in [-0.4, -0.2) is 34.2 Å². The predicted molar refractivity (Wildman–Crippen MR) is 64.5 cm³/mol. The summed E-state index contributed by atoms with van der Waals surface area (Å²) in [4.78, 5) is 6.43. The summed E-state index contributed by atoms with van der Waals surface area (Å²) in [5, 5.41) is 9.25. The molecule has 5 heteroatoms. The number of aromatic nitrogens is 1. The molecule has 0 bridgehead atoms. The fourth-order valence-corrected chi connectivity index (χ4v) is 2.50. The Balaban J connectivity index is 1.82. The molecule has 2 heterocycles. The molecular formula is C13H15FN2O2. The van der Waals surface area contributed by atoms with Crippen molar-refractivity contribution in [2.45, 2.75) is 25.4 Å². The average Bonchev–Trinajstić information content (AvgIpc) is 2.94. The lowest BCUT2D eigenvalue weighted by molar-refractivity contribution is 0.145. The van der Waals surface area contributed by atoms with Crippen molar-refractivity contribution < 1.29 is 13.9 Å². The third kappa shape index (κ3) is 2.11. The Morgan fingerprint density at radius 2 is 2.39 bits per heavy atom. The van der Waals surface area contributed by atoms with E-state index < -0.39 is 0 Å². The standard InChI is InChI=1S/C13H15FN2O2/c14-9-3-4-12-11(6-9)15-13(18-12)7-16-5-1-2-10(16)8-17/h3-4,6,10,17H,1-2,5,7-8H2. The summed E-state index contributed by atoms with van der Waals surface area (Å²) in [5.74, 6) is 0.271. The Morgan fingerprint density at radius 3 is 3.22 bits per heavy atom. The van der Waals surface area contributed by atoms with Gasteiger partial charge in [-0.05, 0) is 31.5 Å². The Labute approximate surface area is 104 Å². The van der Waals surface area contributed by atoms with E-state index in [2.05, 4.69) is 9.88 Å². The summed E-state index contributed by atoms with van der Waals surface area (Å²) < 4.78 is 18.6. The van der Waals surface area contributed by atoms with Crippen molar-refractivity contribution in [3.63, 3.8) is 0 Å². The van der Waals surface area contributed by atoms with E-state index in [1.165, 1.54) is 12.1 Å². The minimum absolute atomic E-state index is 0.162. The van der Waals surface area contributed by atoms with Crippen LogP contribution >= 0.6 is 0 Å². The molecule has 1 fully saturated rings. The Hall–Kier alpha value is -1.46. The molecule has 1 N–H and O–H groups in total. The first-order chi connectivity index (χ1) is 8.76. The monoisotopic (exact) mass is 250 g/mol. The van der Waals surface area contributed by atoms with Gasteiger partial charge in [0.15, 0.2) is 5.58 Å². The van der Waals surface area contributed by atoms with Gasteiger partial charge in [0.25, 0.3) is 0 Å². The molecule has 4 nitrogen and oxygen atoms in total. The molecule has 0 amide bonds. The molecule has 0 saturated carbocycles. The molecule has 3 rings (SSSR count). The van der Waals surface area contributed by atoms with Gasteiger partial charge in [0.05, 0.1) is 13.2 Å². The zero-order valence-electron chi connectivity index (χ0n) is 9.97. The average molecular weight is 250 g/mol. The van der Waals surface area contributed by atoms with E-state index in [0.29, 0.717) is 23.5 Å². The summed E-state index contributed by atoms with van der Waals surface area (Å²) in [7, 11) is 0. The highest BCUT2D eigenvalue weighted by Crippen LogP contribution is 2.22. The van der Waals surface area contributed by atoms with Crippen molar-refractivity contribution in [1.29, 1.82) is 0 Å². The van der Waals surface area contributed by atoms with Crippen molar-refractivity contribution >= 4 is 11.1 Å². The summed E-state index contributed by atoms with van der Waals surface area (Å²) in [6.07, 6.45) is 2.09. The predicted octanol–water partition coefficient (Wildman–Crippen LogP) is 1.92. The van der Waals surface area contributed by atoms with Crippen molar-refractivity contribution in [1.82, 2.24) is 9.88 Å². The van der Waals surface area contributed by atoms with Crippen molar-refractivity contribution in [3.8, 4) is 0 Å². The van der Waals surface area contributed by atoms with Crippen LogP contribution in [0.4, 0.5) is 4.39 Å². The van der Waals surface area contributed by atoms with Gasteiger partial charge in [0.2, 0.25) is 5.89 Å². The molecule has 1 aliphatic heterocycles. The third-order valence-electron chi connectivity index (χ3n) is 3.44. The van der Waals surface area contributed by atoms with Gasteiger partial charge in [0.1, 0.15) is 11.3 Å². The molecule has 1 aliphatic rings. The lowest BCUT2D eigenvalue weighted by Gasteiger charge is -2.20. The molecule has 96 valence electrons. The minimum Gasteiger partial charge on any atom is -0.439 e. The SMILES string of the molecule is OCC1CCCN1Cc1nc2cc(F)ccc2o1. The number of benzene rings is 1. The van der Waals surface area contributed by atoms with E-state index in [4.69, 9.17) is 4.42 Å². The second kappa shape index (κ2) is 4.66. The lowest BCUT2D eigenvalue weighted by atomic mass is 10.2. The maximum absolute atomic E-state index is 13.0. The highest BCUT2D eigenvalue weighted by atomic mass is 19.1. The largest absolute Gasteiger partial charge is 0.439 e. The number of likely N-dealkylation sites (tertiary alicyclic amines) is 1. The van der Waals surface area contributed by atoms with Crippen LogP contribution in [0, 0.1) is 5.82 Å². The molecule has 1 saturated heterocycles. The van der Waals surface area contributed by atoms with Gasteiger partial charge in [-0.2, -0.15) is 0 Å². The molecule has 0 radical (unpaired) electrons. The lowest BCUT2D eigenvalue weighted by Crippen LogP contribution is -2.31. The molecule has 0 aliphatic carbocycles. The van der Waals surface area contributed by atoms with Crippen molar-refractivity contribution in [2.24, 2.45) is 0 Å². The van der Waals surface area contributed by atoms with E-state index in [9.17, 15) is 9.50 Å². The number of nitrogens with zero attached hydrogens (tertiary/aromatic N) is 2. The quantitative estimate of drug-likeness (QED) is 0.904. The van der Waals surface area contributed by atoms with E-state index in [1.807, 2.05) is 0 Å². The van der Waals surface area contributed by atoms with Crippen LogP contribution in [0.1, 0.15) is 18.7 Å². The van der Waals surface area contributed by atoms with Gasteiger partial charge in [0, 0.05) is 12.1 Å². The zero-order valence-corrected chi connectivity index (χ0v) is 9.97. The fourth-order valence-electron chi connectivity index (χ4n) is 2.50. The number of halogens is 1. The second-order valence-corrected chi connectivity index (χ2v) is 4.67. The van der Waals surface area contributed by atoms with Crippen LogP contribution in [0.2, 0.25) is 0 Å². The van der Waals surface area contributed by atoms with Crippen molar-refractivity contribution in [2.75, 3.05) is 13.2 Å². The smallest absolute Gasteiger partial charge is 0.209 e. The maximum atomic E-state index is 13.0. The molecule has 1 aromatic heterocycles. The number of fused-ring (bicyclic) bond motifs is 1. The van der Waals surface area contributed by atoms with Crippen LogP contribution in [0.3, 0.4) is 0 Å². The van der Waals surface area contributed by atoms with E-state index in [-0.39, 0.29) is 18.5 Å². The normalized spacial score (nSPS) is 20.9. The summed E-state index contributed by atoms with van der Waals surface area (Å²) in [6, 6.07) is 4.52. The number of aliphatic hydroxyl groups is 1. The number of hydrogen-bond acceptors (Lipinski definition) is 4. The van der Waals surface area contributed by atoms with Gasteiger partial charge in [-0.15, -0.1) is 0 Å². The van der Waals surface area contributed by atoms with Crippen LogP contribution < -0.4 is 0 Å².